The predicted molar refractivity (Wildman–Crippen MR) is 90.2 cm³/mol. The molecule has 0 unspecified atom stereocenters. The maximum atomic E-state index is 13.1. The van der Waals surface area contributed by atoms with Crippen LogP contribution < -0.4 is 10.6 Å². The lowest BCUT2D eigenvalue weighted by atomic mass is 9.99. The normalized spacial score (nSPS) is 22.6. The van der Waals surface area contributed by atoms with Crippen LogP contribution in [0.3, 0.4) is 0 Å². The quantitative estimate of drug-likeness (QED) is 0.836. The number of nitrogens with zero attached hydrogens (tertiary/aromatic N) is 4. The summed E-state index contributed by atoms with van der Waals surface area (Å²) in [7, 11) is 0. The molecule has 0 radical (unpaired) electrons. The number of ether oxygens (including phenoxy) is 1. The van der Waals surface area contributed by atoms with Gasteiger partial charge in [0.25, 0.3) is 0 Å². The van der Waals surface area contributed by atoms with Crippen LogP contribution in [0.25, 0.3) is 0 Å². The van der Waals surface area contributed by atoms with Crippen LogP contribution in [0.2, 0.25) is 0 Å². The Morgan fingerprint density at radius 3 is 2.88 bits per heavy atom. The first-order chi connectivity index (χ1) is 13.4. The Bertz CT molecular complexity index is 878. The molecule has 3 heterocycles. The highest BCUT2D eigenvalue weighted by Gasteiger charge is 2.36. The fourth-order valence-corrected chi connectivity index (χ4v) is 2.78. The van der Waals surface area contributed by atoms with E-state index in [0.29, 0.717) is 24.9 Å². The van der Waals surface area contributed by atoms with Crippen LogP contribution in [0.1, 0.15) is 42.1 Å². The van der Waals surface area contributed by atoms with Crippen LogP contribution in [0.4, 0.5) is 30.8 Å². The van der Waals surface area contributed by atoms with Crippen molar-refractivity contribution in [3.8, 4) is 0 Å². The Balaban J connectivity index is 1.99. The molecule has 7 nitrogen and oxygen atoms in total. The van der Waals surface area contributed by atoms with Gasteiger partial charge < -0.3 is 15.4 Å². The molecule has 1 aliphatic heterocycles. The summed E-state index contributed by atoms with van der Waals surface area (Å²) < 4.78 is 69.0. The predicted octanol–water partition coefficient (Wildman–Crippen LogP) is 3.43. The molecule has 2 N–H and O–H groups in total. The molecule has 1 fully saturated rings. The van der Waals surface area contributed by atoms with Gasteiger partial charge in [-0.3, -0.25) is 4.68 Å². The maximum absolute atomic E-state index is 13.1. The van der Waals surface area contributed by atoms with E-state index in [4.69, 9.17) is 8.85 Å². The summed E-state index contributed by atoms with van der Waals surface area (Å²) >= 11 is 0. The molecular formula is C16H21F3N6O. The number of aryl methyl sites for hydroxylation is 1. The van der Waals surface area contributed by atoms with Crippen molar-refractivity contribution in [3.05, 3.63) is 23.5 Å². The minimum absolute atomic E-state index is 0.0268. The fraction of sp³-hybridized carbons (Fsp3) is 0.562. The van der Waals surface area contributed by atoms with Crippen LogP contribution in [0.15, 0.2) is 12.3 Å². The van der Waals surface area contributed by atoms with Gasteiger partial charge in [0.2, 0.25) is 5.95 Å². The lowest BCUT2D eigenvalue weighted by Crippen LogP contribution is -2.20. The Morgan fingerprint density at radius 1 is 1.46 bits per heavy atom. The maximum Gasteiger partial charge on any atom is 0.421 e. The summed E-state index contributed by atoms with van der Waals surface area (Å²) in [5, 5.41) is 9.38. The molecule has 1 saturated heterocycles. The second kappa shape index (κ2) is 6.75. The molecule has 2 aromatic heterocycles. The SMILES string of the molecule is [2H]C([2H])([2H])n1nc([C@]2(C)CCCO2)cc1Nc1ncc(C(F)(F)F)c(NCC)n1. The zero-order valence-corrected chi connectivity index (χ0v) is 14.3. The molecule has 0 bridgehead atoms. The Labute approximate surface area is 153 Å². The molecule has 0 aliphatic carbocycles. The molecule has 10 heteroatoms. The highest BCUT2D eigenvalue weighted by Crippen LogP contribution is 2.36. The van der Waals surface area contributed by atoms with Gasteiger partial charge in [0, 0.05) is 36.5 Å². The van der Waals surface area contributed by atoms with Crippen LogP contribution in [-0.4, -0.2) is 32.9 Å². The van der Waals surface area contributed by atoms with Crippen LogP contribution >= 0.6 is 0 Å². The van der Waals surface area contributed by atoms with E-state index < -0.39 is 30.1 Å². The number of alkyl halides is 3. The van der Waals surface area contributed by atoms with Gasteiger partial charge in [0.05, 0.1) is 5.69 Å². The third kappa shape index (κ3) is 3.59. The van der Waals surface area contributed by atoms with Gasteiger partial charge in [-0.05, 0) is 26.7 Å². The number of rotatable bonds is 5. The summed E-state index contributed by atoms with van der Waals surface area (Å²) in [5.74, 6) is -0.564. The molecule has 0 aromatic carbocycles. The zero-order chi connectivity index (χ0) is 21.4. The Hall–Kier alpha value is -2.36. The van der Waals surface area contributed by atoms with E-state index in [1.807, 2.05) is 6.92 Å². The largest absolute Gasteiger partial charge is 0.421 e. The topological polar surface area (TPSA) is 76.9 Å². The molecule has 142 valence electrons. The molecule has 1 aliphatic rings. The summed E-state index contributed by atoms with van der Waals surface area (Å²) in [6.07, 6.45) is -2.50. The van der Waals surface area contributed by atoms with Crippen molar-refractivity contribution < 1.29 is 22.0 Å². The molecule has 3 rings (SSSR count). The van der Waals surface area contributed by atoms with Crippen molar-refractivity contribution in [1.29, 1.82) is 0 Å². The summed E-state index contributed by atoms with van der Waals surface area (Å²) in [6.45, 7) is 1.58. The minimum atomic E-state index is -4.63. The van der Waals surface area contributed by atoms with Gasteiger partial charge in [0.1, 0.15) is 22.8 Å². The van der Waals surface area contributed by atoms with Crippen molar-refractivity contribution in [2.75, 3.05) is 23.8 Å². The smallest absolute Gasteiger partial charge is 0.370 e. The monoisotopic (exact) mass is 373 g/mol. The van der Waals surface area contributed by atoms with E-state index in [-0.39, 0.29) is 18.3 Å². The second-order valence-electron chi connectivity index (χ2n) is 6.12. The van der Waals surface area contributed by atoms with Crippen LogP contribution in [-0.2, 0) is 23.5 Å². The van der Waals surface area contributed by atoms with Crippen LogP contribution in [0.5, 0.6) is 0 Å². The van der Waals surface area contributed by atoms with E-state index in [1.54, 1.807) is 6.92 Å². The van der Waals surface area contributed by atoms with E-state index in [1.165, 1.54) is 6.07 Å². The lowest BCUT2D eigenvalue weighted by molar-refractivity contribution is -0.137. The molecule has 2 aromatic rings. The standard InChI is InChI=1S/C16H21F3N6O/c1-4-20-13-10(16(17,18)19)9-21-14(23-13)22-12-8-11(24-25(12)3)15(2)6-5-7-26-15/h8-9H,4-7H2,1-3H3,(H2,20,21,22,23)/t15-/m0/s1/i3D3. The van der Waals surface area contributed by atoms with Gasteiger partial charge in [-0.15, -0.1) is 0 Å². The zero-order valence-electron chi connectivity index (χ0n) is 17.3. The van der Waals surface area contributed by atoms with E-state index in [2.05, 4.69) is 25.7 Å². The van der Waals surface area contributed by atoms with Gasteiger partial charge in [-0.25, -0.2) is 4.98 Å². The van der Waals surface area contributed by atoms with Gasteiger partial charge in [0.15, 0.2) is 0 Å². The highest BCUT2D eigenvalue weighted by atomic mass is 19.4. The number of hydrogen-bond donors (Lipinski definition) is 2. The lowest BCUT2D eigenvalue weighted by Gasteiger charge is -2.19. The second-order valence-corrected chi connectivity index (χ2v) is 6.12. The molecular weight excluding hydrogens is 349 g/mol. The number of hydrogen-bond acceptors (Lipinski definition) is 6. The van der Waals surface area contributed by atoms with Crippen molar-refractivity contribution in [3.63, 3.8) is 0 Å². The number of aromatic nitrogens is 4. The van der Waals surface area contributed by atoms with Gasteiger partial charge in [-0.2, -0.15) is 23.3 Å². The number of nitrogens with one attached hydrogen (secondary N) is 2. The van der Waals surface area contributed by atoms with Gasteiger partial charge in [-0.1, -0.05) is 0 Å². The Morgan fingerprint density at radius 2 is 2.27 bits per heavy atom. The van der Waals surface area contributed by atoms with Crippen molar-refractivity contribution in [2.45, 2.75) is 38.5 Å². The number of halogens is 3. The first-order valence-corrected chi connectivity index (χ1v) is 8.14. The third-order valence-corrected chi connectivity index (χ3v) is 4.15. The van der Waals surface area contributed by atoms with Crippen LogP contribution in [0, 0.1) is 0 Å². The average Bonchev–Trinajstić information content (AvgIpc) is 3.21. The highest BCUT2D eigenvalue weighted by molar-refractivity contribution is 5.54. The molecule has 0 saturated carbocycles. The summed E-state index contributed by atoms with van der Waals surface area (Å²) in [4.78, 5) is 7.55. The molecule has 0 spiro atoms. The van der Waals surface area contributed by atoms with E-state index in [0.717, 1.165) is 11.1 Å². The van der Waals surface area contributed by atoms with Crippen molar-refractivity contribution in [2.24, 2.45) is 6.98 Å². The van der Waals surface area contributed by atoms with E-state index in [9.17, 15) is 13.2 Å². The van der Waals surface area contributed by atoms with Crippen molar-refractivity contribution in [1.82, 2.24) is 19.7 Å². The molecule has 1 atom stereocenters. The summed E-state index contributed by atoms with van der Waals surface area (Å²) in [5.41, 5.74) is -1.34. The third-order valence-electron chi connectivity index (χ3n) is 4.15. The first kappa shape index (κ1) is 14.8. The van der Waals surface area contributed by atoms with Crippen molar-refractivity contribution >= 4 is 17.6 Å². The average molecular weight is 373 g/mol. The number of anilines is 3. The molecule has 26 heavy (non-hydrogen) atoms. The fourth-order valence-electron chi connectivity index (χ4n) is 2.78. The Kier molecular flexibility index (Phi) is 3.83. The van der Waals surface area contributed by atoms with Gasteiger partial charge >= 0.3 is 6.18 Å². The summed E-state index contributed by atoms with van der Waals surface area (Å²) in [6, 6.07) is 1.49. The minimum Gasteiger partial charge on any atom is -0.370 e. The molecule has 0 amide bonds. The van der Waals surface area contributed by atoms with E-state index >= 15 is 0 Å². The first-order valence-electron chi connectivity index (χ1n) is 9.64.